The molecule has 1 fully saturated rings. The number of amides is 1. The third-order valence-corrected chi connectivity index (χ3v) is 5.52. The van der Waals surface area contributed by atoms with Gasteiger partial charge in [-0.05, 0) is 61.2 Å². The minimum atomic E-state index is -0.286. The van der Waals surface area contributed by atoms with Crippen LogP contribution in [0.2, 0.25) is 0 Å². The molecule has 0 spiro atoms. The molecule has 0 aliphatic carbocycles. The Hall–Kier alpha value is -3.35. The number of carbonyl (C=O) groups excluding carboxylic acids is 1. The summed E-state index contributed by atoms with van der Waals surface area (Å²) in [5.41, 5.74) is 9.43. The van der Waals surface area contributed by atoms with Gasteiger partial charge in [0.1, 0.15) is 11.6 Å². The third kappa shape index (κ3) is 4.45. The maximum atomic E-state index is 13.4. The number of hydrogen-bond acceptors (Lipinski definition) is 5. The molecule has 0 saturated carbocycles. The molecular weight excluding hydrogens is 381 g/mol. The van der Waals surface area contributed by atoms with E-state index in [2.05, 4.69) is 15.0 Å². The first-order valence-corrected chi connectivity index (χ1v) is 10.0. The van der Waals surface area contributed by atoms with Crippen LogP contribution >= 0.6 is 0 Å². The highest BCUT2D eigenvalue weighted by Gasteiger charge is 2.27. The highest BCUT2D eigenvalue weighted by Crippen LogP contribution is 2.26. The first kappa shape index (κ1) is 19.9. The van der Waals surface area contributed by atoms with Gasteiger partial charge in [0, 0.05) is 37.5 Å². The van der Waals surface area contributed by atoms with E-state index in [9.17, 15) is 9.18 Å². The van der Waals surface area contributed by atoms with E-state index in [0.717, 1.165) is 29.8 Å². The van der Waals surface area contributed by atoms with E-state index in [1.165, 1.54) is 12.1 Å². The summed E-state index contributed by atoms with van der Waals surface area (Å²) in [6, 6.07) is 9.94. The minimum Gasteiger partial charge on any atom is -0.397 e. The normalized spacial score (nSPS) is 16.1. The Kier molecular flexibility index (Phi) is 5.70. The topological polar surface area (TPSA) is 85.0 Å². The molecule has 1 atom stereocenters. The van der Waals surface area contributed by atoms with Crippen molar-refractivity contribution in [1.82, 2.24) is 19.9 Å². The van der Waals surface area contributed by atoms with Crippen molar-refractivity contribution in [2.75, 3.05) is 18.8 Å². The van der Waals surface area contributed by atoms with Gasteiger partial charge in [0.25, 0.3) is 0 Å². The fourth-order valence-corrected chi connectivity index (χ4v) is 3.89. The highest BCUT2D eigenvalue weighted by atomic mass is 19.1. The van der Waals surface area contributed by atoms with Crippen molar-refractivity contribution in [1.29, 1.82) is 0 Å². The number of halogens is 1. The number of hydrogen-bond donors (Lipinski definition) is 1. The standard InChI is InChI=1S/C23H24FN5O/c1-15-11-17(24)3-4-18(15)20-6-5-19(25)21(28-20)13-23(30)29-10-7-16(14-29)12-22-26-8-2-9-27-22/h2-6,8-9,11,16H,7,10,12-14,25H2,1H3/t16-/m0/s1. The molecule has 0 radical (unpaired) electrons. The van der Waals surface area contributed by atoms with Crippen LogP contribution in [-0.4, -0.2) is 38.8 Å². The second-order valence-electron chi connectivity index (χ2n) is 7.73. The van der Waals surface area contributed by atoms with Crippen molar-refractivity contribution in [3.8, 4) is 11.3 Å². The Morgan fingerprint density at radius 3 is 2.80 bits per heavy atom. The van der Waals surface area contributed by atoms with Gasteiger partial charge in [-0.1, -0.05) is 0 Å². The van der Waals surface area contributed by atoms with Crippen molar-refractivity contribution in [3.63, 3.8) is 0 Å². The number of benzene rings is 1. The zero-order chi connectivity index (χ0) is 21.1. The lowest BCUT2D eigenvalue weighted by molar-refractivity contribution is -0.129. The molecule has 4 rings (SSSR count). The first-order valence-electron chi connectivity index (χ1n) is 10.0. The fourth-order valence-electron chi connectivity index (χ4n) is 3.89. The van der Waals surface area contributed by atoms with E-state index in [4.69, 9.17) is 5.73 Å². The first-order chi connectivity index (χ1) is 14.5. The van der Waals surface area contributed by atoms with Gasteiger partial charge in [-0.2, -0.15) is 0 Å². The number of carbonyl (C=O) groups is 1. The lowest BCUT2D eigenvalue weighted by Crippen LogP contribution is -2.31. The summed E-state index contributed by atoms with van der Waals surface area (Å²) in [6.07, 6.45) is 5.33. The molecule has 1 aromatic carbocycles. The molecule has 1 aliphatic rings. The average molecular weight is 405 g/mol. The largest absolute Gasteiger partial charge is 0.397 e. The predicted octanol–water partition coefficient (Wildman–Crippen LogP) is 3.20. The smallest absolute Gasteiger partial charge is 0.228 e. The molecule has 7 heteroatoms. The van der Waals surface area contributed by atoms with Crippen LogP contribution in [0.25, 0.3) is 11.3 Å². The number of nitrogen functional groups attached to an aromatic ring is 1. The second-order valence-corrected chi connectivity index (χ2v) is 7.73. The van der Waals surface area contributed by atoms with Gasteiger partial charge in [-0.25, -0.2) is 14.4 Å². The molecule has 0 bridgehead atoms. The lowest BCUT2D eigenvalue weighted by Gasteiger charge is -2.17. The molecule has 0 unspecified atom stereocenters. The zero-order valence-corrected chi connectivity index (χ0v) is 16.9. The minimum absolute atomic E-state index is 0.0126. The van der Waals surface area contributed by atoms with Crippen molar-refractivity contribution >= 4 is 11.6 Å². The van der Waals surface area contributed by atoms with Gasteiger partial charge in [-0.3, -0.25) is 9.78 Å². The number of anilines is 1. The van der Waals surface area contributed by atoms with Crippen LogP contribution in [0.3, 0.4) is 0 Å². The summed E-state index contributed by atoms with van der Waals surface area (Å²) in [4.78, 5) is 27.9. The van der Waals surface area contributed by atoms with Crippen LogP contribution in [0, 0.1) is 18.7 Å². The monoisotopic (exact) mass is 405 g/mol. The SMILES string of the molecule is Cc1cc(F)ccc1-c1ccc(N)c(CC(=O)N2CC[C@@H](Cc3ncccn3)C2)n1. The number of nitrogens with two attached hydrogens (primary N) is 1. The number of aryl methyl sites for hydroxylation is 1. The number of aromatic nitrogens is 3. The molecule has 1 saturated heterocycles. The summed E-state index contributed by atoms with van der Waals surface area (Å²) >= 11 is 0. The average Bonchev–Trinajstić information content (AvgIpc) is 3.19. The quantitative estimate of drug-likeness (QED) is 0.705. The van der Waals surface area contributed by atoms with Gasteiger partial charge < -0.3 is 10.6 Å². The van der Waals surface area contributed by atoms with E-state index >= 15 is 0 Å². The maximum Gasteiger partial charge on any atom is 0.228 e. The third-order valence-electron chi connectivity index (χ3n) is 5.52. The Bertz CT molecular complexity index is 1060. The molecular formula is C23H24FN5O. The Balaban J connectivity index is 1.44. The molecule has 6 nitrogen and oxygen atoms in total. The number of pyridine rings is 1. The van der Waals surface area contributed by atoms with Gasteiger partial charge in [-0.15, -0.1) is 0 Å². The summed E-state index contributed by atoms with van der Waals surface area (Å²) in [6.45, 7) is 3.24. The van der Waals surface area contributed by atoms with Crippen molar-refractivity contribution < 1.29 is 9.18 Å². The van der Waals surface area contributed by atoms with E-state index in [0.29, 0.717) is 36.1 Å². The van der Waals surface area contributed by atoms with Crippen LogP contribution in [-0.2, 0) is 17.6 Å². The van der Waals surface area contributed by atoms with Crippen molar-refractivity contribution in [2.24, 2.45) is 5.92 Å². The summed E-state index contributed by atoms with van der Waals surface area (Å²) in [5, 5.41) is 0. The van der Waals surface area contributed by atoms with Crippen LogP contribution in [0.1, 0.15) is 23.5 Å². The molecule has 3 heterocycles. The van der Waals surface area contributed by atoms with Crippen LogP contribution in [0.4, 0.5) is 10.1 Å². The summed E-state index contributed by atoms with van der Waals surface area (Å²) < 4.78 is 13.4. The zero-order valence-electron chi connectivity index (χ0n) is 16.9. The Morgan fingerprint density at radius 1 is 1.23 bits per heavy atom. The van der Waals surface area contributed by atoms with Gasteiger partial charge in [0.05, 0.1) is 23.5 Å². The van der Waals surface area contributed by atoms with Crippen LogP contribution < -0.4 is 5.73 Å². The molecule has 154 valence electrons. The lowest BCUT2D eigenvalue weighted by atomic mass is 10.0. The molecule has 2 N–H and O–H groups in total. The maximum absolute atomic E-state index is 13.4. The number of nitrogens with zero attached hydrogens (tertiary/aromatic N) is 4. The number of rotatable bonds is 5. The Morgan fingerprint density at radius 2 is 2.03 bits per heavy atom. The molecule has 30 heavy (non-hydrogen) atoms. The molecule has 2 aromatic heterocycles. The summed E-state index contributed by atoms with van der Waals surface area (Å²) in [5.74, 6) is 0.894. The molecule has 1 amide bonds. The number of likely N-dealkylation sites (tertiary alicyclic amines) is 1. The Labute approximate surface area is 175 Å². The van der Waals surface area contributed by atoms with Gasteiger partial charge >= 0.3 is 0 Å². The predicted molar refractivity (Wildman–Crippen MR) is 113 cm³/mol. The molecule has 1 aliphatic heterocycles. The highest BCUT2D eigenvalue weighted by molar-refractivity contribution is 5.80. The summed E-state index contributed by atoms with van der Waals surface area (Å²) in [7, 11) is 0. The van der Waals surface area contributed by atoms with E-state index < -0.39 is 0 Å². The van der Waals surface area contributed by atoms with Crippen molar-refractivity contribution in [3.05, 3.63) is 71.7 Å². The van der Waals surface area contributed by atoms with Gasteiger partial charge in [0.15, 0.2) is 0 Å². The van der Waals surface area contributed by atoms with Crippen LogP contribution in [0.15, 0.2) is 48.8 Å². The second kappa shape index (κ2) is 8.57. The van der Waals surface area contributed by atoms with E-state index in [-0.39, 0.29) is 18.1 Å². The van der Waals surface area contributed by atoms with E-state index in [1.54, 1.807) is 36.7 Å². The van der Waals surface area contributed by atoms with E-state index in [1.807, 2.05) is 11.8 Å². The van der Waals surface area contributed by atoms with Crippen LogP contribution in [0.5, 0.6) is 0 Å². The van der Waals surface area contributed by atoms with Gasteiger partial charge in [0.2, 0.25) is 5.91 Å². The fraction of sp³-hybridized carbons (Fsp3) is 0.304. The molecule has 3 aromatic rings. The van der Waals surface area contributed by atoms with Crippen molar-refractivity contribution in [2.45, 2.75) is 26.2 Å².